The van der Waals surface area contributed by atoms with E-state index in [4.69, 9.17) is 0 Å². The van der Waals surface area contributed by atoms with Crippen LogP contribution in [0, 0.1) is 0 Å². The van der Waals surface area contributed by atoms with Gasteiger partial charge >= 0.3 is 18.3 Å². The minimum atomic E-state index is -5.23. The first-order valence-corrected chi connectivity index (χ1v) is 5.50. The highest BCUT2D eigenvalue weighted by Gasteiger charge is 2.41. The number of esters is 1. The lowest BCUT2D eigenvalue weighted by molar-refractivity contribution is -0.189. The standard InChI is InChI=1S/C10H4F6O3S/c11-9(12,13)7(17)19-5-2-1-3-6(4-5)20-8(18)10(14,15)16/h1-4H. The highest BCUT2D eigenvalue weighted by Crippen LogP contribution is 2.31. The van der Waals surface area contributed by atoms with Gasteiger partial charge in [-0.2, -0.15) is 26.3 Å². The zero-order chi connectivity index (χ0) is 15.6. The number of halogens is 6. The fourth-order valence-corrected chi connectivity index (χ4v) is 1.58. The van der Waals surface area contributed by atoms with Gasteiger partial charge in [0.15, 0.2) is 0 Å². The van der Waals surface area contributed by atoms with Crippen LogP contribution in [0.15, 0.2) is 29.2 Å². The Morgan fingerprint density at radius 3 is 2.10 bits per heavy atom. The van der Waals surface area contributed by atoms with Crippen LogP contribution < -0.4 is 4.74 Å². The molecule has 0 aliphatic rings. The highest BCUT2D eigenvalue weighted by molar-refractivity contribution is 8.13. The van der Waals surface area contributed by atoms with Crippen LogP contribution in [0.1, 0.15) is 0 Å². The second-order valence-corrected chi connectivity index (χ2v) is 4.30. The first-order valence-electron chi connectivity index (χ1n) is 4.68. The van der Waals surface area contributed by atoms with E-state index in [9.17, 15) is 35.9 Å². The van der Waals surface area contributed by atoms with Crippen molar-refractivity contribution in [3.8, 4) is 5.75 Å². The minimum Gasteiger partial charge on any atom is -0.420 e. The number of ether oxygens (including phenoxy) is 1. The molecular weight excluding hydrogens is 314 g/mol. The number of benzene rings is 1. The molecule has 10 heteroatoms. The Bertz CT molecular complexity index is 479. The summed E-state index contributed by atoms with van der Waals surface area (Å²) in [6, 6.07) is 3.76. The maximum Gasteiger partial charge on any atom is 0.491 e. The topological polar surface area (TPSA) is 43.4 Å². The summed E-state index contributed by atoms with van der Waals surface area (Å²) in [5.41, 5.74) is 0. The fourth-order valence-electron chi connectivity index (χ4n) is 0.931. The van der Waals surface area contributed by atoms with Gasteiger partial charge in [0.2, 0.25) is 0 Å². The maximum atomic E-state index is 12.0. The predicted molar refractivity (Wildman–Crippen MR) is 55.1 cm³/mol. The maximum absolute atomic E-state index is 12.0. The number of rotatable bonds is 2. The second kappa shape index (κ2) is 5.73. The van der Waals surface area contributed by atoms with Gasteiger partial charge < -0.3 is 4.74 Å². The van der Waals surface area contributed by atoms with Gasteiger partial charge in [0.05, 0.1) is 0 Å². The van der Waals surface area contributed by atoms with Crippen molar-refractivity contribution < 1.29 is 40.7 Å². The van der Waals surface area contributed by atoms with Crippen LogP contribution in [0.4, 0.5) is 26.3 Å². The Morgan fingerprint density at radius 2 is 1.60 bits per heavy atom. The van der Waals surface area contributed by atoms with Crippen LogP contribution in [0.25, 0.3) is 0 Å². The van der Waals surface area contributed by atoms with Crippen molar-refractivity contribution in [2.75, 3.05) is 0 Å². The number of alkyl halides is 6. The lowest BCUT2D eigenvalue weighted by Gasteiger charge is -2.08. The zero-order valence-corrected chi connectivity index (χ0v) is 10.0. The van der Waals surface area contributed by atoms with E-state index in [1.807, 2.05) is 0 Å². The number of hydrogen-bond acceptors (Lipinski definition) is 4. The van der Waals surface area contributed by atoms with E-state index in [1.54, 1.807) is 0 Å². The van der Waals surface area contributed by atoms with Gasteiger partial charge in [0, 0.05) is 4.90 Å². The molecule has 1 rings (SSSR count). The summed E-state index contributed by atoms with van der Waals surface area (Å²) in [4.78, 5) is 20.9. The molecule has 1 aromatic rings. The molecule has 0 saturated heterocycles. The average molecular weight is 318 g/mol. The second-order valence-electron chi connectivity index (χ2n) is 3.25. The molecule has 0 heterocycles. The van der Waals surface area contributed by atoms with Crippen LogP contribution in [0.3, 0.4) is 0 Å². The van der Waals surface area contributed by atoms with E-state index in [0.717, 1.165) is 24.3 Å². The quantitative estimate of drug-likeness (QED) is 0.363. The third-order valence-corrected chi connectivity index (χ3v) is 2.60. The third kappa shape index (κ3) is 4.76. The van der Waals surface area contributed by atoms with E-state index < -0.39 is 29.2 Å². The molecular formula is C10H4F6O3S. The normalized spacial score (nSPS) is 12.1. The van der Waals surface area contributed by atoms with Crippen molar-refractivity contribution in [2.24, 2.45) is 0 Å². The van der Waals surface area contributed by atoms with E-state index >= 15 is 0 Å². The van der Waals surface area contributed by atoms with Gasteiger partial charge in [-0.3, -0.25) is 4.79 Å². The Hall–Kier alpha value is -1.71. The zero-order valence-electron chi connectivity index (χ0n) is 9.21. The van der Waals surface area contributed by atoms with Crippen LogP contribution in [-0.2, 0) is 9.59 Å². The molecule has 0 aliphatic carbocycles. The Balaban J connectivity index is 2.82. The fraction of sp³-hybridized carbons (Fsp3) is 0.200. The number of carbonyl (C=O) groups excluding carboxylic acids is 2. The summed E-state index contributed by atoms with van der Waals surface area (Å²) < 4.78 is 75.7. The molecule has 0 spiro atoms. The molecule has 0 saturated carbocycles. The number of thioether (sulfide) groups is 1. The Labute approximate surface area is 111 Å². The molecule has 0 unspecified atom stereocenters. The largest absolute Gasteiger partial charge is 0.491 e. The van der Waals surface area contributed by atoms with Gasteiger partial charge in [-0.25, -0.2) is 4.79 Å². The lowest BCUT2D eigenvalue weighted by Crippen LogP contribution is -2.27. The minimum absolute atomic E-state index is 0.237. The molecule has 0 N–H and O–H groups in total. The van der Waals surface area contributed by atoms with Crippen LogP contribution >= 0.6 is 11.8 Å². The predicted octanol–water partition coefficient (Wildman–Crippen LogP) is 3.34. The monoisotopic (exact) mass is 318 g/mol. The molecule has 0 amide bonds. The lowest BCUT2D eigenvalue weighted by atomic mass is 10.3. The van der Waals surface area contributed by atoms with Crippen molar-refractivity contribution in [3.63, 3.8) is 0 Å². The first kappa shape index (κ1) is 16.3. The summed E-state index contributed by atoms with van der Waals surface area (Å²) in [5.74, 6) is -3.13. The number of hydrogen-bond donors (Lipinski definition) is 0. The molecule has 0 radical (unpaired) electrons. The summed E-state index contributed by atoms with van der Waals surface area (Å²) in [7, 11) is 0. The summed E-state index contributed by atoms with van der Waals surface area (Å²) in [6.07, 6.45) is -10.3. The SMILES string of the molecule is O=C(Oc1cccc(SC(=O)C(F)(F)F)c1)C(F)(F)F. The summed E-state index contributed by atoms with van der Waals surface area (Å²) >= 11 is -0.237. The summed E-state index contributed by atoms with van der Waals surface area (Å²) in [6.45, 7) is 0. The van der Waals surface area contributed by atoms with Crippen LogP contribution in [0.2, 0.25) is 0 Å². The van der Waals surface area contributed by atoms with Crippen LogP contribution in [0.5, 0.6) is 5.75 Å². The Morgan fingerprint density at radius 1 is 1.00 bits per heavy atom. The van der Waals surface area contributed by atoms with Crippen molar-refractivity contribution in [3.05, 3.63) is 24.3 Å². The Kier molecular flexibility index (Phi) is 4.69. The van der Waals surface area contributed by atoms with Crippen molar-refractivity contribution in [1.82, 2.24) is 0 Å². The first-order chi connectivity index (χ1) is 9.00. The van der Waals surface area contributed by atoms with Gasteiger partial charge in [0.1, 0.15) is 5.75 Å². The van der Waals surface area contributed by atoms with Crippen molar-refractivity contribution >= 4 is 22.8 Å². The molecule has 0 aromatic heterocycles. The summed E-state index contributed by atoms with van der Waals surface area (Å²) in [5, 5.41) is -2.14. The van der Waals surface area contributed by atoms with E-state index in [-0.39, 0.29) is 16.7 Å². The van der Waals surface area contributed by atoms with E-state index in [2.05, 4.69) is 4.74 Å². The van der Waals surface area contributed by atoms with E-state index in [0.29, 0.717) is 0 Å². The van der Waals surface area contributed by atoms with Crippen molar-refractivity contribution in [1.29, 1.82) is 0 Å². The van der Waals surface area contributed by atoms with Crippen LogP contribution in [-0.4, -0.2) is 23.4 Å². The average Bonchev–Trinajstić information content (AvgIpc) is 2.26. The van der Waals surface area contributed by atoms with Gasteiger partial charge in [-0.1, -0.05) is 6.07 Å². The molecule has 3 nitrogen and oxygen atoms in total. The number of carbonyl (C=O) groups is 2. The molecule has 0 fully saturated rings. The van der Waals surface area contributed by atoms with Crippen molar-refractivity contribution in [2.45, 2.75) is 17.2 Å². The van der Waals surface area contributed by atoms with Gasteiger partial charge in [-0.15, -0.1) is 0 Å². The molecule has 0 bridgehead atoms. The smallest absolute Gasteiger partial charge is 0.420 e. The third-order valence-electron chi connectivity index (χ3n) is 1.69. The van der Waals surface area contributed by atoms with Gasteiger partial charge in [0.25, 0.3) is 5.12 Å². The highest BCUT2D eigenvalue weighted by atomic mass is 32.2. The molecule has 1 aromatic carbocycles. The van der Waals surface area contributed by atoms with Gasteiger partial charge in [-0.05, 0) is 30.0 Å². The molecule has 0 atom stereocenters. The molecule has 110 valence electrons. The molecule has 0 aliphatic heterocycles. The van der Waals surface area contributed by atoms with E-state index in [1.165, 1.54) is 0 Å². The molecule has 20 heavy (non-hydrogen) atoms.